The van der Waals surface area contributed by atoms with E-state index in [1.165, 1.54) is 141 Å². The Hall–Kier alpha value is -0.740. The van der Waals surface area contributed by atoms with E-state index in [4.69, 9.17) is 5.73 Å². The third-order valence-electron chi connectivity index (χ3n) is 9.68. The number of nitrogens with zero attached hydrogens (tertiary/aromatic N) is 1. The van der Waals surface area contributed by atoms with Crippen LogP contribution in [0.25, 0.3) is 0 Å². The molecule has 0 aliphatic rings. The molecule has 4 heteroatoms. The molecule has 4 atom stereocenters. The minimum Gasteiger partial charge on any atom is -0.330 e. The quantitative estimate of drug-likeness (QED) is 0.0517. The summed E-state index contributed by atoms with van der Waals surface area (Å²) in [5.74, 6) is 0.558. The maximum atomic E-state index is 12.6. The zero-order valence-electron chi connectivity index (χ0n) is 28.0. The maximum absolute atomic E-state index is 12.6. The molecule has 40 heavy (non-hydrogen) atoms. The van der Waals surface area contributed by atoms with Gasteiger partial charge in [0.2, 0.25) is 0 Å². The molecule has 0 aromatic carbocycles. The van der Waals surface area contributed by atoms with Gasteiger partial charge in [0, 0.05) is 18.3 Å². The Morgan fingerprint density at radius 3 is 1.10 bits per heavy atom. The van der Waals surface area contributed by atoms with Crippen molar-refractivity contribution in [3.63, 3.8) is 0 Å². The van der Waals surface area contributed by atoms with Gasteiger partial charge < -0.3 is 10.2 Å². The van der Waals surface area contributed by atoms with E-state index >= 15 is 0 Å². The second kappa shape index (κ2) is 27.1. The number of unbranched alkanes of at least 4 members (excludes halogenated alkanes) is 18. The van der Waals surface area contributed by atoms with Crippen LogP contribution in [0.15, 0.2) is 0 Å². The van der Waals surface area contributed by atoms with Gasteiger partial charge in [-0.15, -0.1) is 0 Å². The highest BCUT2D eigenvalue weighted by Gasteiger charge is 2.44. The van der Waals surface area contributed by atoms with Gasteiger partial charge in [-0.3, -0.25) is 9.59 Å². The topological polar surface area (TPSA) is 60.2 Å². The van der Waals surface area contributed by atoms with Gasteiger partial charge in [-0.2, -0.15) is 0 Å². The van der Waals surface area contributed by atoms with Crippen LogP contribution in [0.3, 0.4) is 0 Å². The Labute approximate surface area is 251 Å². The number of nitrogens with two attached hydrogens (primary N) is 1. The highest BCUT2D eigenvalue weighted by molar-refractivity contribution is 5.60. The van der Waals surface area contributed by atoms with Gasteiger partial charge in [0.1, 0.15) is 12.1 Å². The highest BCUT2D eigenvalue weighted by atomic mass is 16.1. The molecular weight excluding hydrogens is 492 g/mol. The van der Waals surface area contributed by atoms with Crippen LogP contribution in [0, 0.1) is 11.8 Å². The predicted molar refractivity (Wildman–Crippen MR) is 176 cm³/mol. The molecule has 238 valence electrons. The molecule has 0 rings (SSSR count). The van der Waals surface area contributed by atoms with Crippen LogP contribution in [0.2, 0.25) is 0 Å². The Bertz CT molecular complexity index is 525. The number of aldehydes is 2. The maximum Gasteiger partial charge on any atom is 0.177 e. The van der Waals surface area contributed by atoms with Gasteiger partial charge in [0.05, 0.1) is 13.6 Å². The van der Waals surface area contributed by atoms with Crippen molar-refractivity contribution in [2.45, 2.75) is 187 Å². The molecule has 0 aromatic rings. The van der Waals surface area contributed by atoms with Crippen molar-refractivity contribution in [2.24, 2.45) is 17.6 Å². The Morgan fingerprint density at radius 1 is 0.525 bits per heavy atom. The Morgan fingerprint density at radius 2 is 0.825 bits per heavy atom. The molecule has 0 heterocycles. The number of carbonyl (C=O) groups excluding carboxylic acids is 2. The predicted octanol–water partition coefficient (Wildman–Crippen LogP) is 9.81. The van der Waals surface area contributed by atoms with Crippen molar-refractivity contribution in [3.05, 3.63) is 0 Å². The van der Waals surface area contributed by atoms with E-state index in [1.54, 1.807) is 0 Å². The van der Waals surface area contributed by atoms with E-state index < -0.39 is 0 Å². The summed E-state index contributed by atoms with van der Waals surface area (Å²) in [6.07, 6.45) is 31.9. The van der Waals surface area contributed by atoms with Gasteiger partial charge in [0.15, 0.2) is 12.6 Å². The van der Waals surface area contributed by atoms with Crippen LogP contribution in [0.1, 0.15) is 175 Å². The number of hydrogen-bond acceptors (Lipinski definition) is 3. The number of carbonyl (C=O) groups is 2. The van der Waals surface area contributed by atoms with Gasteiger partial charge in [-0.1, -0.05) is 156 Å². The highest BCUT2D eigenvalue weighted by Crippen LogP contribution is 2.30. The average Bonchev–Trinajstić information content (AvgIpc) is 2.94. The van der Waals surface area contributed by atoms with Gasteiger partial charge in [0.25, 0.3) is 0 Å². The molecule has 0 aliphatic carbocycles. The van der Waals surface area contributed by atoms with E-state index in [0.717, 1.165) is 25.8 Å². The number of rotatable bonds is 31. The van der Waals surface area contributed by atoms with Crippen molar-refractivity contribution < 1.29 is 14.1 Å². The number of likely N-dealkylation sites (N-methyl/N-ethyl adjacent to an activating group) is 1. The van der Waals surface area contributed by atoms with E-state index in [9.17, 15) is 9.59 Å². The zero-order chi connectivity index (χ0) is 29.9. The fourth-order valence-corrected chi connectivity index (χ4v) is 6.89. The van der Waals surface area contributed by atoms with Crippen molar-refractivity contribution in [2.75, 3.05) is 20.1 Å². The first kappa shape index (κ1) is 39.3. The molecule has 0 aromatic heterocycles. The van der Waals surface area contributed by atoms with E-state index in [2.05, 4.69) is 34.7 Å². The molecule has 0 amide bonds. The standard InChI is InChI=1S/C36H73N2O2/c1-6-8-10-12-14-16-18-20-22-24-27-33(3)35(31-39)38(5,30-26-29-37)36(32-40)34(4)28-25-23-21-19-17-15-13-11-9-7-2/h31-36H,6-30,37H2,1-5H3/q+1. The summed E-state index contributed by atoms with van der Waals surface area (Å²) in [4.78, 5) is 25.1. The molecule has 0 radical (unpaired) electrons. The monoisotopic (exact) mass is 566 g/mol. The minimum atomic E-state index is -0.143. The molecule has 0 saturated heterocycles. The molecule has 2 N–H and O–H groups in total. The zero-order valence-corrected chi connectivity index (χ0v) is 28.0. The van der Waals surface area contributed by atoms with Crippen LogP contribution in [-0.4, -0.2) is 49.3 Å². The number of quaternary nitrogens is 1. The summed E-state index contributed by atoms with van der Waals surface area (Å²) in [5.41, 5.74) is 5.93. The lowest BCUT2D eigenvalue weighted by molar-refractivity contribution is -0.944. The fraction of sp³-hybridized carbons (Fsp3) is 0.944. The van der Waals surface area contributed by atoms with Crippen LogP contribution < -0.4 is 5.73 Å². The summed E-state index contributed by atoms with van der Waals surface area (Å²) in [7, 11) is 2.16. The third kappa shape index (κ3) is 17.9. The van der Waals surface area contributed by atoms with Crippen molar-refractivity contribution in [1.82, 2.24) is 0 Å². The van der Waals surface area contributed by atoms with Gasteiger partial charge >= 0.3 is 0 Å². The second-order valence-corrected chi connectivity index (χ2v) is 13.4. The first-order valence-electron chi connectivity index (χ1n) is 17.9. The van der Waals surface area contributed by atoms with Gasteiger partial charge in [-0.05, 0) is 19.4 Å². The summed E-state index contributed by atoms with van der Waals surface area (Å²) >= 11 is 0. The summed E-state index contributed by atoms with van der Waals surface area (Å²) in [6.45, 7) is 10.4. The summed E-state index contributed by atoms with van der Waals surface area (Å²) < 4.78 is 0.530. The van der Waals surface area contributed by atoms with E-state index in [0.29, 0.717) is 11.0 Å². The van der Waals surface area contributed by atoms with Crippen LogP contribution in [0.4, 0.5) is 0 Å². The first-order valence-corrected chi connectivity index (χ1v) is 17.9. The lowest BCUT2D eigenvalue weighted by atomic mass is 9.87. The van der Waals surface area contributed by atoms with Crippen LogP contribution >= 0.6 is 0 Å². The molecule has 4 unspecified atom stereocenters. The normalized spacial score (nSPS) is 16.2. The fourth-order valence-electron chi connectivity index (χ4n) is 6.89. The SMILES string of the molecule is CCCCCCCCCCCCC(C)C(C=O)[N+](C)(CCCN)C(C=O)C(C)CCCCCCCCCCCC. The average molecular weight is 566 g/mol. The number of hydrogen-bond donors (Lipinski definition) is 1. The molecule has 0 bridgehead atoms. The third-order valence-corrected chi connectivity index (χ3v) is 9.68. The van der Waals surface area contributed by atoms with Crippen LogP contribution in [-0.2, 0) is 9.59 Å². The second-order valence-electron chi connectivity index (χ2n) is 13.4. The lowest BCUT2D eigenvalue weighted by Gasteiger charge is -2.47. The molecular formula is C36H73N2O2+. The largest absolute Gasteiger partial charge is 0.330 e. The molecule has 0 saturated carbocycles. The summed E-state index contributed by atoms with van der Waals surface area (Å²) in [5, 5.41) is 0. The molecule has 0 fully saturated rings. The Balaban J connectivity index is 4.71. The summed E-state index contributed by atoms with van der Waals surface area (Å²) in [6, 6.07) is -0.286. The van der Waals surface area contributed by atoms with Crippen molar-refractivity contribution in [3.8, 4) is 0 Å². The Kier molecular flexibility index (Phi) is 26.6. The van der Waals surface area contributed by atoms with Gasteiger partial charge in [-0.25, -0.2) is 0 Å². The van der Waals surface area contributed by atoms with Crippen molar-refractivity contribution in [1.29, 1.82) is 0 Å². The lowest BCUT2D eigenvalue weighted by Crippen LogP contribution is -2.64. The molecule has 0 spiro atoms. The minimum absolute atomic E-state index is 0.143. The molecule has 0 aliphatic heterocycles. The van der Waals surface area contributed by atoms with E-state index in [-0.39, 0.29) is 23.9 Å². The van der Waals surface area contributed by atoms with Crippen molar-refractivity contribution >= 4 is 12.6 Å². The first-order chi connectivity index (χ1) is 19.4. The smallest absolute Gasteiger partial charge is 0.177 e. The van der Waals surface area contributed by atoms with Crippen LogP contribution in [0.5, 0.6) is 0 Å². The van der Waals surface area contributed by atoms with E-state index in [1.807, 2.05) is 0 Å². The molecule has 4 nitrogen and oxygen atoms in total.